The smallest absolute Gasteiger partial charge is 0.225 e. The molecule has 0 aliphatic heterocycles. The van der Waals surface area contributed by atoms with Gasteiger partial charge >= 0.3 is 0 Å². The summed E-state index contributed by atoms with van der Waals surface area (Å²) in [5.74, 6) is 1.38. The molecular formula is C20H23BrN6. The molecule has 0 atom stereocenters. The first-order valence-electron chi connectivity index (χ1n) is 8.76. The van der Waals surface area contributed by atoms with Gasteiger partial charge in [-0.15, -0.1) is 0 Å². The topological polar surface area (TPSA) is 66.0 Å². The lowest BCUT2D eigenvalue weighted by Crippen LogP contribution is -2.21. The summed E-state index contributed by atoms with van der Waals surface area (Å²) in [6.07, 6.45) is 3.57. The number of rotatable bonds is 8. The molecule has 27 heavy (non-hydrogen) atoms. The van der Waals surface area contributed by atoms with Gasteiger partial charge in [-0.2, -0.15) is 4.98 Å². The number of nitrogens with zero attached hydrogens (tertiary/aromatic N) is 4. The summed E-state index contributed by atoms with van der Waals surface area (Å²) in [5, 5.41) is 6.69. The van der Waals surface area contributed by atoms with Crippen molar-refractivity contribution < 1.29 is 0 Å². The fourth-order valence-corrected chi connectivity index (χ4v) is 2.73. The summed E-state index contributed by atoms with van der Waals surface area (Å²) in [6, 6.07) is 14.1. The van der Waals surface area contributed by atoms with Crippen molar-refractivity contribution in [3.05, 3.63) is 64.9 Å². The predicted octanol–water partition coefficient (Wildman–Crippen LogP) is 3.89. The third-order valence-electron chi connectivity index (χ3n) is 3.91. The molecule has 7 heteroatoms. The molecule has 2 aromatic heterocycles. The van der Waals surface area contributed by atoms with E-state index in [4.69, 9.17) is 0 Å². The summed E-state index contributed by atoms with van der Waals surface area (Å²) in [5.41, 5.74) is 2.98. The number of hydrogen-bond acceptors (Lipinski definition) is 6. The zero-order valence-corrected chi connectivity index (χ0v) is 17.1. The Balaban J connectivity index is 1.79. The summed E-state index contributed by atoms with van der Waals surface area (Å²) in [7, 11) is 4.08. The van der Waals surface area contributed by atoms with Crippen LogP contribution in [-0.2, 0) is 6.54 Å². The molecule has 2 heterocycles. The Bertz CT molecular complexity index is 852. The first-order valence-corrected chi connectivity index (χ1v) is 9.56. The summed E-state index contributed by atoms with van der Waals surface area (Å²) >= 11 is 3.46. The highest BCUT2D eigenvalue weighted by atomic mass is 79.9. The SMILES string of the molecule is CN(C)CCNc1nc(NCc2ccc(Br)cc2)cc(-c2cccnc2)n1. The maximum absolute atomic E-state index is 4.64. The third kappa shape index (κ3) is 6.01. The Kier molecular flexibility index (Phi) is 6.73. The van der Waals surface area contributed by atoms with Crippen LogP contribution in [0.15, 0.2) is 59.3 Å². The normalized spacial score (nSPS) is 10.8. The molecule has 0 spiro atoms. The maximum Gasteiger partial charge on any atom is 0.225 e. The van der Waals surface area contributed by atoms with Crippen LogP contribution in [-0.4, -0.2) is 47.0 Å². The van der Waals surface area contributed by atoms with Gasteiger partial charge in [0.25, 0.3) is 0 Å². The Morgan fingerprint density at radius 1 is 1.04 bits per heavy atom. The Labute approximate surface area is 168 Å². The van der Waals surface area contributed by atoms with Gasteiger partial charge in [0, 0.05) is 48.1 Å². The van der Waals surface area contributed by atoms with E-state index < -0.39 is 0 Å². The molecule has 0 saturated heterocycles. The average Bonchev–Trinajstić information content (AvgIpc) is 2.68. The third-order valence-corrected chi connectivity index (χ3v) is 4.44. The zero-order valence-electron chi connectivity index (χ0n) is 15.5. The van der Waals surface area contributed by atoms with Gasteiger partial charge in [-0.05, 0) is 43.9 Å². The molecule has 0 bridgehead atoms. The van der Waals surface area contributed by atoms with Gasteiger partial charge < -0.3 is 15.5 Å². The number of aromatic nitrogens is 3. The van der Waals surface area contributed by atoms with Crippen molar-refractivity contribution in [2.24, 2.45) is 0 Å². The molecule has 0 saturated carbocycles. The molecule has 3 aromatic rings. The number of benzene rings is 1. The molecule has 2 N–H and O–H groups in total. The number of hydrogen-bond donors (Lipinski definition) is 2. The van der Waals surface area contributed by atoms with Gasteiger partial charge in [0.05, 0.1) is 5.69 Å². The fourth-order valence-electron chi connectivity index (χ4n) is 2.47. The number of likely N-dealkylation sites (N-methyl/N-ethyl adjacent to an activating group) is 1. The van der Waals surface area contributed by atoms with E-state index in [1.54, 1.807) is 6.20 Å². The van der Waals surface area contributed by atoms with Crippen molar-refractivity contribution in [3.8, 4) is 11.3 Å². The van der Waals surface area contributed by atoms with Crippen LogP contribution in [0.4, 0.5) is 11.8 Å². The molecule has 3 rings (SSSR count). The minimum Gasteiger partial charge on any atom is -0.366 e. The monoisotopic (exact) mass is 426 g/mol. The highest BCUT2D eigenvalue weighted by Crippen LogP contribution is 2.21. The molecule has 0 aliphatic rings. The van der Waals surface area contributed by atoms with Crippen LogP contribution in [0.5, 0.6) is 0 Å². The molecule has 0 amide bonds. The van der Waals surface area contributed by atoms with E-state index >= 15 is 0 Å². The lowest BCUT2D eigenvalue weighted by Gasteiger charge is -2.13. The van der Waals surface area contributed by atoms with E-state index in [2.05, 4.69) is 58.5 Å². The van der Waals surface area contributed by atoms with Crippen LogP contribution >= 0.6 is 15.9 Å². The van der Waals surface area contributed by atoms with Crippen molar-refractivity contribution in [1.29, 1.82) is 0 Å². The second-order valence-corrected chi connectivity index (χ2v) is 7.33. The van der Waals surface area contributed by atoms with E-state index in [9.17, 15) is 0 Å². The highest BCUT2D eigenvalue weighted by molar-refractivity contribution is 9.10. The predicted molar refractivity (Wildman–Crippen MR) is 114 cm³/mol. The zero-order chi connectivity index (χ0) is 19.1. The van der Waals surface area contributed by atoms with Crippen LogP contribution in [0.3, 0.4) is 0 Å². The van der Waals surface area contributed by atoms with Crippen molar-refractivity contribution >= 4 is 27.7 Å². The minimum absolute atomic E-state index is 0.608. The van der Waals surface area contributed by atoms with Gasteiger partial charge in [-0.25, -0.2) is 4.98 Å². The van der Waals surface area contributed by atoms with Crippen molar-refractivity contribution in [2.75, 3.05) is 37.8 Å². The second-order valence-electron chi connectivity index (χ2n) is 6.41. The fraction of sp³-hybridized carbons (Fsp3) is 0.250. The molecule has 6 nitrogen and oxygen atoms in total. The van der Waals surface area contributed by atoms with E-state index in [0.717, 1.165) is 34.6 Å². The maximum atomic E-state index is 4.64. The van der Waals surface area contributed by atoms with Crippen molar-refractivity contribution in [3.63, 3.8) is 0 Å². The van der Waals surface area contributed by atoms with E-state index in [1.165, 1.54) is 5.56 Å². The number of pyridine rings is 1. The molecule has 140 valence electrons. The van der Waals surface area contributed by atoms with E-state index in [0.29, 0.717) is 12.5 Å². The molecule has 0 radical (unpaired) electrons. The lowest BCUT2D eigenvalue weighted by molar-refractivity contribution is 0.425. The first kappa shape index (κ1) is 19.3. The Morgan fingerprint density at radius 2 is 1.85 bits per heavy atom. The minimum atomic E-state index is 0.608. The Morgan fingerprint density at radius 3 is 2.56 bits per heavy atom. The summed E-state index contributed by atoms with van der Waals surface area (Å²) in [4.78, 5) is 15.6. The van der Waals surface area contributed by atoms with Gasteiger partial charge in [0.2, 0.25) is 5.95 Å². The van der Waals surface area contributed by atoms with Gasteiger partial charge in [-0.3, -0.25) is 4.98 Å². The Hall–Kier alpha value is -2.51. The van der Waals surface area contributed by atoms with Crippen LogP contribution in [0.2, 0.25) is 0 Å². The highest BCUT2D eigenvalue weighted by Gasteiger charge is 2.07. The van der Waals surface area contributed by atoms with Crippen molar-refractivity contribution in [2.45, 2.75) is 6.54 Å². The number of halogens is 1. The molecule has 1 aromatic carbocycles. The quantitative estimate of drug-likeness (QED) is 0.569. The molecule has 0 aliphatic carbocycles. The standard InChI is InChI=1S/C20H23BrN6/c1-27(2)11-10-23-20-25-18(16-4-3-9-22-14-16)12-19(26-20)24-13-15-5-7-17(21)8-6-15/h3-9,12,14H,10-11,13H2,1-2H3,(H2,23,24,25,26). The van der Waals surface area contributed by atoms with Gasteiger partial charge in [0.1, 0.15) is 5.82 Å². The van der Waals surface area contributed by atoms with Crippen LogP contribution < -0.4 is 10.6 Å². The average molecular weight is 427 g/mol. The van der Waals surface area contributed by atoms with Gasteiger partial charge in [0.15, 0.2) is 0 Å². The second kappa shape index (κ2) is 9.43. The molecular weight excluding hydrogens is 404 g/mol. The van der Waals surface area contributed by atoms with Crippen LogP contribution in [0, 0.1) is 0 Å². The van der Waals surface area contributed by atoms with Crippen LogP contribution in [0.25, 0.3) is 11.3 Å². The summed E-state index contributed by atoms with van der Waals surface area (Å²) < 4.78 is 1.07. The molecule has 0 unspecified atom stereocenters. The van der Waals surface area contributed by atoms with Gasteiger partial charge in [-0.1, -0.05) is 28.1 Å². The van der Waals surface area contributed by atoms with Crippen LogP contribution in [0.1, 0.15) is 5.56 Å². The molecule has 0 fully saturated rings. The lowest BCUT2D eigenvalue weighted by atomic mass is 10.2. The van der Waals surface area contributed by atoms with E-state index in [1.807, 2.05) is 50.6 Å². The van der Waals surface area contributed by atoms with Crippen molar-refractivity contribution in [1.82, 2.24) is 19.9 Å². The summed E-state index contributed by atoms with van der Waals surface area (Å²) in [6.45, 7) is 2.37. The largest absolute Gasteiger partial charge is 0.366 e. The first-order chi connectivity index (χ1) is 13.1. The number of anilines is 2. The van der Waals surface area contributed by atoms with E-state index in [-0.39, 0.29) is 0 Å². The number of nitrogens with one attached hydrogen (secondary N) is 2.